The van der Waals surface area contributed by atoms with E-state index in [1.54, 1.807) is 23.0 Å². The Balaban J connectivity index is 1.66. The third kappa shape index (κ3) is 3.50. The Morgan fingerprint density at radius 2 is 2.15 bits per heavy atom. The first-order chi connectivity index (χ1) is 13.0. The lowest BCUT2D eigenvalue weighted by Gasteiger charge is -2.22. The molecule has 27 heavy (non-hydrogen) atoms. The van der Waals surface area contributed by atoms with E-state index in [0.717, 1.165) is 5.56 Å². The molecule has 1 amide bonds. The summed E-state index contributed by atoms with van der Waals surface area (Å²) in [5.74, 6) is 1.33. The van der Waals surface area contributed by atoms with Gasteiger partial charge in [-0.2, -0.15) is 0 Å². The molecule has 0 bridgehead atoms. The second-order valence-electron chi connectivity index (χ2n) is 6.48. The summed E-state index contributed by atoms with van der Waals surface area (Å²) >= 11 is 0. The van der Waals surface area contributed by atoms with Crippen LogP contribution < -0.4 is 14.8 Å². The highest BCUT2D eigenvalue weighted by atomic mass is 32.2. The van der Waals surface area contributed by atoms with E-state index >= 15 is 0 Å². The van der Waals surface area contributed by atoms with Crippen LogP contribution in [0.3, 0.4) is 0 Å². The smallest absolute Gasteiger partial charge is 0.246 e. The van der Waals surface area contributed by atoms with Crippen molar-refractivity contribution in [1.29, 1.82) is 0 Å². The molecule has 1 aromatic carbocycles. The number of imidazole rings is 1. The van der Waals surface area contributed by atoms with Crippen molar-refractivity contribution in [1.82, 2.24) is 14.9 Å². The molecule has 0 spiro atoms. The molecule has 1 saturated heterocycles. The number of methoxy groups -OCH3 is 1. The van der Waals surface area contributed by atoms with Gasteiger partial charge in [0, 0.05) is 25.1 Å². The average Bonchev–Trinajstić information content (AvgIpc) is 3.32. The van der Waals surface area contributed by atoms with Crippen LogP contribution in [0.15, 0.2) is 30.6 Å². The Bertz CT molecular complexity index is 971. The van der Waals surface area contributed by atoms with Crippen molar-refractivity contribution in [2.75, 3.05) is 32.0 Å². The Morgan fingerprint density at radius 1 is 1.33 bits per heavy atom. The second-order valence-corrected chi connectivity index (χ2v) is 8.63. The van der Waals surface area contributed by atoms with Gasteiger partial charge in [0.15, 0.2) is 21.3 Å². The maximum Gasteiger partial charge on any atom is 0.246 e. The van der Waals surface area contributed by atoms with Crippen LogP contribution >= 0.6 is 0 Å². The fraction of sp³-hybridized carbons (Fsp3) is 0.412. The number of rotatable bonds is 5. The standard InChI is InChI=1S/C17H19N3O6S/c1-24-7-16(21)19-12-8-27(22,23)9-13(12)20-5-4-18-17(20)11-2-3-14-15(6-11)26-10-25-14/h2-6,12-13H,7-10H2,1H3,(H,19,21)/t12-,13-/m1/s1. The number of ether oxygens (including phenoxy) is 3. The molecule has 3 heterocycles. The fourth-order valence-electron chi connectivity index (χ4n) is 3.46. The number of nitrogens with zero attached hydrogens (tertiary/aromatic N) is 2. The Hall–Kier alpha value is -2.59. The zero-order valence-electron chi connectivity index (χ0n) is 14.6. The lowest BCUT2D eigenvalue weighted by molar-refractivity contribution is -0.125. The lowest BCUT2D eigenvalue weighted by Crippen LogP contribution is -2.42. The average molecular weight is 393 g/mol. The van der Waals surface area contributed by atoms with Gasteiger partial charge in [-0.15, -0.1) is 0 Å². The molecule has 2 aromatic rings. The van der Waals surface area contributed by atoms with Crippen molar-refractivity contribution >= 4 is 15.7 Å². The number of amides is 1. The van der Waals surface area contributed by atoms with Gasteiger partial charge in [-0.1, -0.05) is 0 Å². The fourth-order valence-corrected chi connectivity index (χ4v) is 5.36. The molecule has 144 valence electrons. The molecule has 1 N–H and O–H groups in total. The van der Waals surface area contributed by atoms with E-state index in [1.165, 1.54) is 7.11 Å². The van der Waals surface area contributed by atoms with Gasteiger partial charge in [-0.3, -0.25) is 4.79 Å². The minimum atomic E-state index is -3.29. The quantitative estimate of drug-likeness (QED) is 0.782. The molecule has 0 aliphatic carbocycles. The number of nitrogens with one attached hydrogen (secondary N) is 1. The highest BCUT2D eigenvalue weighted by Crippen LogP contribution is 2.37. The van der Waals surface area contributed by atoms with Crippen molar-refractivity contribution in [2.24, 2.45) is 0 Å². The highest BCUT2D eigenvalue weighted by molar-refractivity contribution is 7.91. The van der Waals surface area contributed by atoms with Crippen LogP contribution in [-0.2, 0) is 19.4 Å². The van der Waals surface area contributed by atoms with Crippen LogP contribution in [0.5, 0.6) is 11.5 Å². The van der Waals surface area contributed by atoms with Crippen molar-refractivity contribution in [3.8, 4) is 22.9 Å². The number of carbonyl (C=O) groups excluding carboxylic acids is 1. The first-order valence-electron chi connectivity index (χ1n) is 8.38. The van der Waals surface area contributed by atoms with Crippen molar-refractivity contribution in [3.63, 3.8) is 0 Å². The third-order valence-corrected chi connectivity index (χ3v) is 6.32. The van der Waals surface area contributed by atoms with Crippen molar-refractivity contribution in [3.05, 3.63) is 30.6 Å². The molecule has 1 fully saturated rings. The molecule has 0 unspecified atom stereocenters. The minimum Gasteiger partial charge on any atom is -0.454 e. The van der Waals surface area contributed by atoms with Gasteiger partial charge in [0.05, 0.1) is 23.6 Å². The van der Waals surface area contributed by atoms with Gasteiger partial charge in [0.1, 0.15) is 12.4 Å². The molecule has 2 atom stereocenters. The van der Waals surface area contributed by atoms with Gasteiger partial charge in [-0.05, 0) is 18.2 Å². The topological polar surface area (TPSA) is 109 Å². The zero-order chi connectivity index (χ0) is 19.0. The zero-order valence-corrected chi connectivity index (χ0v) is 15.4. The molecule has 0 radical (unpaired) electrons. The molecule has 1 aromatic heterocycles. The summed E-state index contributed by atoms with van der Waals surface area (Å²) in [4.78, 5) is 16.3. The molecular weight excluding hydrogens is 374 g/mol. The molecule has 10 heteroatoms. The van der Waals surface area contributed by atoms with Crippen LogP contribution in [0, 0.1) is 0 Å². The maximum atomic E-state index is 12.2. The van der Waals surface area contributed by atoms with E-state index in [1.807, 2.05) is 12.1 Å². The van der Waals surface area contributed by atoms with Gasteiger partial charge >= 0.3 is 0 Å². The molecule has 9 nitrogen and oxygen atoms in total. The summed E-state index contributed by atoms with van der Waals surface area (Å²) in [5.41, 5.74) is 0.774. The van der Waals surface area contributed by atoms with Gasteiger partial charge in [0.2, 0.25) is 12.7 Å². The predicted octanol–water partition coefficient (Wildman–Crippen LogP) is 0.380. The van der Waals surface area contributed by atoms with E-state index in [9.17, 15) is 13.2 Å². The second kappa shape index (κ2) is 6.86. The first kappa shape index (κ1) is 17.8. The van der Waals surface area contributed by atoms with E-state index in [2.05, 4.69) is 10.3 Å². The van der Waals surface area contributed by atoms with Gasteiger partial charge in [-0.25, -0.2) is 13.4 Å². The molecular formula is C17H19N3O6S. The van der Waals surface area contributed by atoms with Crippen LogP contribution in [0.2, 0.25) is 0 Å². The third-order valence-electron chi connectivity index (χ3n) is 4.60. The number of carbonyl (C=O) groups is 1. The summed E-state index contributed by atoms with van der Waals surface area (Å²) in [5, 5.41) is 2.76. The number of hydrogen-bond acceptors (Lipinski definition) is 7. The van der Waals surface area contributed by atoms with Gasteiger partial charge < -0.3 is 24.1 Å². The largest absolute Gasteiger partial charge is 0.454 e. The van der Waals surface area contributed by atoms with Crippen molar-refractivity contribution < 1.29 is 27.4 Å². The Morgan fingerprint density at radius 3 is 2.96 bits per heavy atom. The summed E-state index contributed by atoms with van der Waals surface area (Å²) in [6.45, 7) is 0.0456. The summed E-state index contributed by atoms with van der Waals surface area (Å²) < 4.78 is 41.8. The van der Waals surface area contributed by atoms with E-state index in [4.69, 9.17) is 14.2 Å². The van der Waals surface area contributed by atoms with Crippen LogP contribution in [0.1, 0.15) is 6.04 Å². The number of hydrogen-bond donors (Lipinski definition) is 1. The monoisotopic (exact) mass is 393 g/mol. The Kier molecular flexibility index (Phi) is 4.52. The van der Waals surface area contributed by atoms with Crippen LogP contribution in [0.25, 0.3) is 11.4 Å². The Labute approximate surface area is 156 Å². The van der Waals surface area contributed by atoms with Crippen LogP contribution in [-0.4, -0.2) is 61.9 Å². The number of fused-ring (bicyclic) bond motifs is 1. The van der Waals surface area contributed by atoms with E-state index in [-0.39, 0.29) is 30.8 Å². The maximum absolute atomic E-state index is 12.2. The summed E-state index contributed by atoms with van der Waals surface area (Å²) in [6, 6.07) is 4.43. The molecule has 4 rings (SSSR count). The highest BCUT2D eigenvalue weighted by Gasteiger charge is 2.40. The van der Waals surface area contributed by atoms with Gasteiger partial charge in [0.25, 0.3) is 0 Å². The number of aromatic nitrogens is 2. The van der Waals surface area contributed by atoms with E-state index < -0.39 is 21.9 Å². The lowest BCUT2D eigenvalue weighted by atomic mass is 10.1. The van der Waals surface area contributed by atoms with Crippen molar-refractivity contribution in [2.45, 2.75) is 12.1 Å². The summed E-state index contributed by atoms with van der Waals surface area (Å²) in [6.07, 6.45) is 3.33. The first-order valence-corrected chi connectivity index (χ1v) is 10.2. The number of sulfone groups is 1. The SMILES string of the molecule is COCC(=O)N[C@@H]1CS(=O)(=O)C[C@H]1n1ccnc1-c1ccc2c(c1)OCO2. The summed E-state index contributed by atoms with van der Waals surface area (Å²) in [7, 11) is -1.88. The van der Waals surface area contributed by atoms with E-state index in [0.29, 0.717) is 17.3 Å². The normalized spacial score (nSPS) is 22.7. The predicted molar refractivity (Wildman–Crippen MR) is 95.3 cm³/mol. The molecule has 0 saturated carbocycles. The molecule has 2 aliphatic rings. The van der Waals surface area contributed by atoms with Crippen LogP contribution in [0.4, 0.5) is 0 Å². The minimum absolute atomic E-state index is 0.0706. The molecule has 2 aliphatic heterocycles. The number of benzene rings is 1.